The molecule has 0 spiro atoms. The molecule has 0 bridgehead atoms. The molecular formula is C14H8ClN2O5-. The number of carboxylic acid groups (broad SMARTS) is 1. The molecule has 0 aliphatic carbocycles. The van der Waals surface area contributed by atoms with E-state index in [-0.39, 0.29) is 27.5 Å². The molecule has 0 saturated heterocycles. The van der Waals surface area contributed by atoms with Gasteiger partial charge in [0.25, 0.3) is 11.6 Å². The molecule has 0 aromatic heterocycles. The minimum absolute atomic E-state index is 0.0135. The molecule has 2 aromatic carbocycles. The summed E-state index contributed by atoms with van der Waals surface area (Å²) in [5.74, 6) is -2.13. The van der Waals surface area contributed by atoms with E-state index in [1.807, 2.05) is 0 Å². The number of benzene rings is 2. The molecule has 0 radical (unpaired) electrons. The molecule has 2 rings (SSSR count). The number of anilines is 1. The Morgan fingerprint density at radius 1 is 1.09 bits per heavy atom. The van der Waals surface area contributed by atoms with E-state index in [0.29, 0.717) is 0 Å². The topological polar surface area (TPSA) is 112 Å². The summed E-state index contributed by atoms with van der Waals surface area (Å²) < 4.78 is 0. The summed E-state index contributed by atoms with van der Waals surface area (Å²) in [4.78, 5) is 33.1. The zero-order valence-electron chi connectivity index (χ0n) is 10.9. The molecule has 0 heterocycles. The Labute approximate surface area is 129 Å². The predicted octanol–water partition coefficient (Wildman–Crippen LogP) is 1.86. The number of rotatable bonds is 4. The highest BCUT2D eigenvalue weighted by molar-refractivity contribution is 6.34. The average Bonchev–Trinajstić information content (AvgIpc) is 2.47. The third-order valence-corrected chi connectivity index (χ3v) is 3.12. The lowest BCUT2D eigenvalue weighted by molar-refractivity contribution is -0.384. The number of non-ortho nitro benzene ring substituents is 1. The third-order valence-electron chi connectivity index (χ3n) is 2.80. The van der Waals surface area contributed by atoms with Crippen LogP contribution in [0.2, 0.25) is 5.02 Å². The van der Waals surface area contributed by atoms with Gasteiger partial charge in [-0.3, -0.25) is 14.9 Å². The van der Waals surface area contributed by atoms with Crippen molar-refractivity contribution in [3.63, 3.8) is 0 Å². The van der Waals surface area contributed by atoms with E-state index in [0.717, 1.165) is 12.1 Å². The van der Waals surface area contributed by atoms with Crippen LogP contribution in [0.1, 0.15) is 20.7 Å². The second kappa shape index (κ2) is 6.23. The maximum atomic E-state index is 12.1. The van der Waals surface area contributed by atoms with Crippen LogP contribution in [0.25, 0.3) is 0 Å². The lowest BCUT2D eigenvalue weighted by atomic mass is 10.1. The Morgan fingerprint density at radius 2 is 1.77 bits per heavy atom. The van der Waals surface area contributed by atoms with Crippen molar-refractivity contribution in [3.05, 3.63) is 68.7 Å². The number of amides is 1. The van der Waals surface area contributed by atoms with Gasteiger partial charge in [0.05, 0.1) is 27.2 Å². The van der Waals surface area contributed by atoms with Crippen LogP contribution in [0.5, 0.6) is 0 Å². The number of carbonyl (C=O) groups is 2. The monoisotopic (exact) mass is 319 g/mol. The molecule has 8 heteroatoms. The van der Waals surface area contributed by atoms with Crippen LogP contribution >= 0.6 is 11.6 Å². The lowest BCUT2D eigenvalue weighted by Gasteiger charge is -2.12. The van der Waals surface area contributed by atoms with Crippen molar-refractivity contribution in [2.75, 3.05) is 5.32 Å². The number of nitro groups is 1. The summed E-state index contributed by atoms with van der Waals surface area (Å²) in [6.45, 7) is 0. The predicted molar refractivity (Wildman–Crippen MR) is 76.8 cm³/mol. The number of para-hydroxylation sites is 1. The van der Waals surface area contributed by atoms with Crippen molar-refractivity contribution in [2.45, 2.75) is 0 Å². The highest BCUT2D eigenvalue weighted by atomic mass is 35.5. The molecule has 7 nitrogen and oxygen atoms in total. The molecule has 0 aliphatic rings. The number of halogens is 1. The van der Waals surface area contributed by atoms with Gasteiger partial charge >= 0.3 is 0 Å². The van der Waals surface area contributed by atoms with Crippen molar-refractivity contribution < 1.29 is 19.6 Å². The SMILES string of the molecule is O=C(Nc1ccccc1C(=O)[O-])c1ccc([N+](=O)[O-])cc1Cl. The zero-order valence-corrected chi connectivity index (χ0v) is 11.7. The highest BCUT2D eigenvalue weighted by Crippen LogP contribution is 2.24. The van der Waals surface area contributed by atoms with Crippen molar-refractivity contribution >= 4 is 34.9 Å². The van der Waals surface area contributed by atoms with Gasteiger partial charge in [0, 0.05) is 17.7 Å². The number of nitrogens with one attached hydrogen (secondary N) is 1. The van der Waals surface area contributed by atoms with E-state index in [1.165, 1.54) is 24.3 Å². The summed E-state index contributed by atoms with van der Waals surface area (Å²) in [5, 5.41) is 23.9. The first-order valence-electron chi connectivity index (χ1n) is 5.96. The molecular weight excluding hydrogens is 312 g/mol. The summed E-state index contributed by atoms with van der Waals surface area (Å²) in [5.41, 5.74) is -0.409. The highest BCUT2D eigenvalue weighted by Gasteiger charge is 2.16. The molecule has 112 valence electrons. The van der Waals surface area contributed by atoms with Crippen LogP contribution in [0, 0.1) is 10.1 Å². The summed E-state index contributed by atoms with van der Waals surface area (Å²) >= 11 is 5.84. The zero-order chi connectivity index (χ0) is 16.3. The number of carboxylic acids is 1. The fourth-order valence-corrected chi connectivity index (χ4v) is 2.02. The number of hydrogen-bond acceptors (Lipinski definition) is 5. The normalized spacial score (nSPS) is 10.0. The van der Waals surface area contributed by atoms with Crippen molar-refractivity contribution in [1.29, 1.82) is 0 Å². The van der Waals surface area contributed by atoms with E-state index >= 15 is 0 Å². The largest absolute Gasteiger partial charge is 0.545 e. The number of nitro benzene ring substituents is 1. The Hall–Kier alpha value is -2.93. The smallest absolute Gasteiger partial charge is 0.270 e. The van der Waals surface area contributed by atoms with Gasteiger partial charge in [0.2, 0.25) is 0 Å². The number of aromatic carboxylic acids is 1. The molecule has 0 unspecified atom stereocenters. The molecule has 0 atom stereocenters. The van der Waals surface area contributed by atoms with E-state index in [2.05, 4.69) is 5.32 Å². The summed E-state index contributed by atoms with van der Waals surface area (Å²) in [7, 11) is 0. The number of nitrogens with zero attached hydrogens (tertiary/aromatic N) is 1. The number of hydrogen-bond donors (Lipinski definition) is 1. The second-order valence-corrected chi connectivity index (χ2v) is 4.62. The Morgan fingerprint density at radius 3 is 2.36 bits per heavy atom. The van der Waals surface area contributed by atoms with E-state index in [4.69, 9.17) is 11.6 Å². The first-order chi connectivity index (χ1) is 10.4. The van der Waals surface area contributed by atoms with Gasteiger partial charge in [0.15, 0.2) is 0 Å². The van der Waals surface area contributed by atoms with E-state index in [1.54, 1.807) is 6.07 Å². The fourth-order valence-electron chi connectivity index (χ4n) is 1.76. The first-order valence-corrected chi connectivity index (χ1v) is 6.33. The molecule has 1 N–H and O–H groups in total. The second-order valence-electron chi connectivity index (χ2n) is 4.21. The Balaban J connectivity index is 2.31. The minimum Gasteiger partial charge on any atom is -0.545 e. The van der Waals surface area contributed by atoms with Gasteiger partial charge in [-0.25, -0.2) is 0 Å². The maximum absolute atomic E-state index is 12.1. The lowest BCUT2D eigenvalue weighted by Crippen LogP contribution is -2.24. The molecule has 2 aromatic rings. The van der Waals surface area contributed by atoms with Gasteiger partial charge in [0.1, 0.15) is 0 Å². The van der Waals surface area contributed by atoms with Crippen molar-refractivity contribution in [1.82, 2.24) is 0 Å². The van der Waals surface area contributed by atoms with E-state index in [9.17, 15) is 24.8 Å². The van der Waals surface area contributed by atoms with Crippen LogP contribution < -0.4 is 10.4 Å². The average molecular weight is 320 g/mol. The van der Waals surface area contributed by atoms with Gasteiger partial charge in [-0.05, 0) is 12.1 Å². The van der Waals surface area contributed by atoms with Gasteiger partial charge in [-0.15, -0.1) is 0 Å². The summed E-state index contributed by atoms with van der Waals surface area (Å²) in [6.07, 6.45) is 0. The first kappa shape index (κ1) is 15.5. The van der Waals surface area contributed by atoms with Gasteiger partial charge in [-0.1, -0.05) is 29.8 Å². The minimum atomic E-state index is -1.44. The van der Waals surface area contributed by atoms with Crippen molar-refractivity contribution in [2.24, 2.45) is 0 Å². The third kappa shape index (κ3) is 3.21. The Bertz CT molecular complexity index is 776. The fraction of sp³-hybridized carbons (Fsp3) is 0. The maximum Gasteiger partial charge on any atom is 0.270 e. The molecule has 0 saturated carbocycles. The van der Waals surface area contributed by atoms with Crippen molar-refractivity contribution in [3.8, 4) is 0 Å². The molecule has 0 aliphatic heterocycles. The molecule has 22 heavy (non-hydrogen) atoms. The van der Waals surface area contributed by atoms with Crippen LogP contribution in [0.15, 0.2) is 42.5 Å². The molecule has 1 amide bonds. The Kier molecular flexibility index (Phi) is 4.38. The van der Waals surface area contributed by atoms with Gasteiger partial charge in [-0.2, -0.15) is 0 Å². The quantitative estimate of drug-likeness (QED) is 0.682. The van der Waals surface area contributed by atoms with E-state index < -0.39 is 16.8 Å². The van der Waals surface area contributed by atoms with Crippen LogP contribution in [0.3, 0.4) is 0 Å². The number of carbonyl (C=O) groups excluding carboxylic acids is 2. The van der Waals surface area contributed by atoms with Crippen LogP contribution in [-0.4, -0.2) is 16.8 Å². The summed E-state index contributed by atoms with van der Waals surface area (Å²) in [6, 6.07) is 9.06. The van der Waals surface area contributed by atoms with Crippen LogP contribution in [-0.2, 0) is 0 Å². The standard InChI is InChI=1S/C14H9ClN2O5/c15-11-7-8(17(21)22)5-6-9(11)13(18)16-12-4-2-1-3-10(12)14(19)20/h1-7H,(H,16,18)(H,19,20)/p-1. The van der Waals surface area contributed by atoms with Crippen LogP contribution in [0.4, 0.5) is 11.4 Å². The van der Waals surface area contributed by atoms with Gasteiger partial charge < -0.3 is 15.2 Å². The molecule has 0 fully saturated rings.